The number of carbonyl (C=O) groups is 1. The number of hydrogen-bond acceptors (Lipinski definition) is 3. The van der Waals surface area contributed by atoms with Gasteiger partial charge in [-0.1, -0.05) is 6.07 Å². The molecule has 1 fully saturated rings. The summed E-state index contributed by atoms with van der Waals surface area (Å²) in [7, 11) is 0. The Kier molecular flexibility index (Phi) is 3.16. The van der Waals surface area contributed by atoms with E-state index in [-0.39, 0.29) is 5.91 Å². The molecule has 0 aliphatic carbocycles. The molecule has 0 N–H and O–H groups in total. The first-order valence-corrected chi connectivity index (χ1v) is 7.40. The Balaban J connectivity index is 1.65. The van der Waals surface area contributed by atoms with Gasteiger partial charge in [0, 0.05) is 24.5 Å². The Hall–Kier alpha value is -2.60. The molecule has 3 aromatic heterocycles. The van der Waals surface area contributed by atoms with Crippen LogP contribution in [0.15, 0.2) is 48.8 Å². The lowest BCUT2D eigenvalue weighted by atomic mass is 10.3. The average molecular weight is 296 g/mol. The summed E-state index contributed by atoms with van der Waals surface area (Å²) in [5, 5.41) is 5.81. The van der Waals surface area contributed by atoms with Crippen molar-refractivity contribution in [1.29, 1.82) is 0 Å². The van der Waals surface area contributed by atoms with Crippen LogP contribution < -0.4 is 0 Å². The lowest BCUT2D eigenvalue weighted by Crippen LogP contribution is -2.36. The van der Waals surface area contributed by atoms with E-state index >= 15 is 0 Å². The first-order valence-electron chi connectivity index (χ1n) is 7.40. The van der Waals surface area contributed by atoms with Crippen LogP contribution in [0, 0.1) is 0 Å². The second-order valence-electron chi connectivity index (χ2n) is 5.28. The molecule has 6 heteroatoms. The SMILES string of the molecule is O=C(c1ccn(-c2ccc3ccccn23)n1)N1CCCCO1. The van der Waals surface area contributed by atoms with Gasteiger partial charge in [-0.15, -0.1) is 0 Å². The van der Waals surface area contributed by atoms with Crippen LogP contribution in [-0.4, -0.2) is 38.3 Å². The summed E-state index contributed by atoms with van der Waals surface area (Å²) < 4.78 is 3.74. The molecule has 0 aromatic carbocycles. The maximum Gasteiger partial charge on any atom is 0.297 e. The lowest BCUT2D eigenvalue weighted by molar-refractivity contribution is -0.144. The van der Waals surface area contributed by atoms with Crippen molar-refractivity contribution in [3.05, 3.63) is 54.5 Å². The van der Waals surface area contributed by atoms with Crippen LogP contribution in [0.2, 0.25) is 0 Å². The Morgan fingerprint density at radius 3 is 2.91 bits per heavy atom. The molecule has 1 amide bonds. The number of hydrogen-bond donors (Lipinski definition) is 0. The molecular formula is C16H16N4O2. The summed E-state index contributed by atoms with van der Waals surface area (Å²) in [6, 6.07) is 11.7. The summed E-state index contributed by atoms with van der Waals surface area (Å²) in [6.07, 6.45) is 5.73. The van der Waals surface area contributed by atoms with E-state index in [1.807, 2.05) is 40.9 Å². The van der Waals surface area contributed by atoms with Crippen LogP contribution in [0.25, 0.3) is 11.3 Å². The molecule has 1 aliphatic heterocycles. The van der Waals surface area contributed by atoms with Gasteiger partial charge in [0.25, 0.3) is 5.91 Å². The van der Waals surface area contributed by atoms with Crippen LogP contribution >= 0.6 is 0 Å². The first kappa shape index (κ1) is 13.1. The Labute approximate surface area is 127 Å². The van der Waals surface area contributed by atoms with E-state index in [0.717, 1.165) is 24.2 Å². The van der Waals surface area contributed by atoms with Crippen molar-refractivity contribution in [3.8, 4) is 5.82 Å². The van der Waals surface area contributed by atoms with E-state index < -0.39 is 0 Å². The second kappa shape index (κ2) is 5.31. The van der Waals surface area contributed by atoms with Crippen LogP contribution in [0.3, 0.4) is 0 Å². The fourth-order valence-electron chi connectivity index (χ4n) is 2.68. The van der Waals surface area contributed by atoms with E-state index in [1.54, 1.807) is 16.9 Å². The maximum absolute atomic E-state index is 12.4. The quantitative estimate of drug-likeness (QED) is 0.729. The Bertz CT molecular complexity index is 814. The fourth-order valence-corrected chi connectivity index (χ4v) is 2.68. The summed E-state index contributed by atoms with van der Waals surface area (Å²) >= 11 is 0. The minimum atomic E-state index is -0.181. The highest BCUT2D eigenvalue weighted by atomic mass is 16.7. The van der Waals surface area contributed by atoms with Crippen molar-refractivity contribution in [2.75, 3.05) is 13.2 Å². The number of pyridine rings is 1. The average Bonchev–Trinajstić information content (AvgIpc) is 3.21. The van der Waals surface area contributed by atoms with Crippen LogP contribution in [0.1, 0.15) is 23.3 Å². The second-order valence-corrected chi connectivity index (χ2v) is 5.28. The third-order valence-corrected chi connectivity index (χ3v) is 3.81. The smallest absolute Gasteiger partial charge is 0.297 e. The van der Waals surface area contributed by atoms with Gasteiger partial charge in [0.05, 0.1) is 6.61 Å². The number of aromatic nitrogens is 3. The van der Waals surface area contributed by atoms with Crippen LogP contribution in [0.4, 0.5) is 0 Å². The largest absolute Gasteiger partial charge is 0.302 e. The molecule has 4 heterocycles. The summed E-state index contributed by atoms with van der Waals surface area (Å²) in [4.78, 5) is 17.8. The highest BCUT2D eigenvalue weighted by Crippen LogP contribution is 2.15. The van der Waals surface area contributed by atoms with Gasteiger partial charge in [-0.2, -0.15) is 5.10 Å². The van der Waals surface area contributed by atoms with Crippen molar-refractivity contribution in [2.24, 2.45) is 0 Å². The third kappa shape index (κ3) is 2.17. The van der Waals surface area contributed by atoms with E-state index in [0.29, 0.717) is 18.8 Å². The maximum atomic E-state index is 12.4. The van der Waals surface area contributed by atoms with Gasteiger partial charge in [-0.3, -0.25) is 9.63 Å². The molecule has 0 radical (unpaired) electrons. The zero-order valence-corrected chi connectivity index (χ0v) is 12.1. The molecular weight excluding hydrogens is 280 g/mol. The van der Waals surface area contributed by atoms with E-state index in [1.165, 1.54) is 5.06 Å². The monoisotopic (exact) mass is 296 g/mol. The van der Waals surface area contributed by atoms with Gasteiger partial charge in [-0.25, -0.2) is 9.75 Å². The van der Waals surface area contributed by atoms with Gasteiger partial charge in [0.1, 0.15) is 5.82 Å². The number of fused-ring (bicyclic) bond motifs is 1. The fraction of sp³-hybridized carbons (Fsp3) is 0.250. The van der Waals surface area contributed by atoms with Crippen LogP contribution in [-0.2, 0) is 4.84 Å². The Morgan fingerprint density at radius 1 is 1.09 bits per heavy atom. The zero-order valence-electron chi connectivity index (χ0n) is 12.1. The third-order valence-electron chi connectivity index (χ3n) is 3.81. The summed E-state index contributed by atoms with van der Waals surface area (Å²) in [5.74, 6) is 0.716. The normalized spacial score (nSPS) is 15.4. The number of carbonyl (C=O) groups excluding carboxylic acids is 1. The van der Waals surface area contributed by atoms with E-state index in [9.17, 15) is 4.79 Å². The van der Waals surface area contributed by atoms with E-state index in [2.05, 4.69) is 5.10 Å². The molecule has 4 rings (SSSR count). The van der Waals surface area contributed by atoms with Gasteiger partial charge in [0.2, 0.25) is 0 Å². The van der Waals surface area contributed by atoms with Gasteiger partial charge in [0.15, 0.2) is 5.69 Å². The van der Waals surface area contributed by atoms with Gasteiger partial charge in [-0.05, 0) is 43.2 Å². The molecule has 0 bridgehead atoms. The predicted octanol–water partition coefficient (Wildman–Crippen LogP) is 2.29. The molecule has 0 atom stereocenters. The van der Waals surface area contributed by atoms with Crippen LogP contribution in [0.5, 0.6) is 0 Å². The molecule has 0 spiro atoms. The lowest BCUT2D eigenvalue weighted by Gasteiger charge is -2.24. The van der Waals surface area contributed by atoms with Crippen molar-refractivity contribution >= 4 is 11.4 Å². The number of hydroxylamine groups is 2. The molecule has 3 aromatic rings. The number of rotatable bonds is 2. The standard InChI is InChI=1S/C16H16N4O2/c21-16(20-10-3-4-12-22-20)14-8-11-19(17-14)15-7-6-13-5-1-2-9-18(13)15/h1-2,5-9,11H,3-4,10,12H2. The van der Waals surface area contributed by atoms with Crippen molar-refractivity contribution < 1.29 is 9.63 Å². The molecule has 0 unspecified atom stereocenters. The summed E-state index contributed by atoms with van der Waals surface area (Å²) in [6.45, 7) is 1.22. The minimum Gasteiger partial charge on any atom is -0.302 e. The number of nitrogens with zero attached hydrogens (tertiary/aromatic N) is 4. The zero-order chi connectivity index (χ0) is 14.9. The number of amides is 1. The topological polar surface area (TPSA) is 51.8 Å². The molecule has 6 nitrogen and oxygen atoms in total. The molecule has 1 aliphatic rings. The minimum absolute atomic E-state index is 0.181. The summed E-state index contributed by atoms with van der Waals surface area (Å²) in [5.41, 5.74) is 1.48. The highest BCUT2D eigenvalue weighted by Gasteiger charge is 2.22. The predicted molar refractivity (Wildman–Crippen MR) is 80.7 cm³/mol. The van der Waals surface area contributed by atoms with Crippen molar-refractivity contribution in [3.63, 3.8) is 0 Å². The molecule has 1 saturated heterocycles. The molecule has 0 saturated carbocycles. The van der Waals surface area contributed by atoms with E-state index in [4.69, 9.17) is 4.84 Å². The molecule has 112 valence electrons. The van der Waals surface area contributed by atoms with Crippen molar-refractivity contribution in [1.82, 2.24) is 19.2 Å². The first-order chi connectivity index (χ1) is 10.8. The highest BCUT2D eigenvalue weighted by molar-refractivity contribution is 5.91. The molecule has 22 heavy (non-hydrogen) atoms. The van der Waals surface area contributed by atoms with Gasteiger partial charge >= 0.3 is 0 Å². The van der Waals surface area contributed by atoms with Gasteiger partial charge < -0.3 is 4.40 Å². The van der Waals surface area contributed by atoms with Crippen molar-refractivity contribution in [2.45, 2.75) is 12.8 Å². The Morgan fingerprint density at radius 2 is 2.05 bits per heavy atom.